The van der Waals surface area contributed by atoms with Gasteiger partial charge in [0.1, 0.15) is 5.82 Å². The lowest BCUT2D eigenvalue weighted by molar-refractivity contribution is 0.101. The third kappa shape index (κ3) is 4.66. The summed E-state index contributed by atoms with van der Waals surface area (Å²) in [5.41, 5.74) is 4.35. The molecule has 0 spiro atoms. The second-order valence-electron chi connectivity index (χ2n) is 7.31. The van der Waals surface area contributed by atoms with Gasteiger partial charge in [-0.1, -0.05) is 18.2 Å². The first-order valence-corrected chi connectivity index (χ1v) is 9.52. The van der Waals surface area contributed by atoms with Crippen LogP contribution in [0.1, 0.15) is 31.8 Å². The van der Waals surface area contributed by atoms with E-state index in [1.165, 1.54) is 18.2 Å². The van der Waals surface area contributed by atoms with Crippen LogP contribution in [0.2, 0.25) is 0 Å². The van der Waals surface area contributed by atoms with Crippen LogP contribution in [0.5, 0.6) is 0 Å². The number of hydrogen-bond donors (Lipinski definition) is 2. The number of anilines is 3. The summed E-state index contributed by atoms with van der Waals surface area (Å²) in [5, 5.41) is 5.57. The Morgan fingerprint density at radius 1 is 0.833 bits per heavy atom. The third-order valence-corrected chi connectivity index (χ3v) is 4.80. The zero-order valence-electron chi connectivity index (χ0n) is 17.4. The van der Waals surface area contributed by atoms with Crippen LogP contribution in [-0.2, 0) is 0 Å². The predicted molar refractivity (Wildman–Crippen MR) is 119 cm³/mol. The minimum Gasteiger partial charge on any atom is -0.377 e. The zero-order valence-corrected chi connectivity index (χ0v) is 17.4. The fourth-order valence-corrected chi connectivity index (χ4v) is 3.17. The van der Waals surface area contributed by atoms with E-state index in [0.717, 1.165) is 16.8 Å². The molecule has 0 aliphatic rings. The van der Waals surface area contributed by atoms with Crippen LogP contribution in [0.15, 0.2) is 60.7 Å². The van der Waals surface area contributed by atoms with Crippen molar-refractivity contribution in [3.8, 4) is 0 Å². The molecule has 2 N–H and O–H groups in total. The quantitative estimate of drug-likeness (QED) is 0.627. The van der Waals surface area contributed by atoms with E-state index in [1.54, 1.807) is 24.3 Å². The van der Waals surface area contributed by atoms with Gasteiger partial charge in [-0.3, -0.25) is 9.59 Å². The number of benzene rings is 3. The number of nitrogens with one attached hydrogen (secondary N) is 2. The maximum atomic E-state index is 13.9. The normalized spacial score (nSPS) is 10.4. The van der Waals surface area contributed by atoms with Crippen LogP contribution < -0.4 is 15.5 Å². The Hall–Kier alpha value is -3.67. The average Bonchev–Trinajstić information content (AvgIpc) is 2.69. The van der Waals surface area contributed by atoms with Gasteiger partial charge < -0.3 is 15.5 Å². The first-order valence-electron chi connectivity index (χ1n) is 9.52. The largest absolute Gasteiger partial charge is 0.377 e. The summed E-state index contributed by atoms with van der Waals surface area (Å²) in [5.74, 6) is -1.46. The lowest BCUT2D eigenvalue weighted by atomic mass is 10.1. The molecule has 0 aliphatic heterocycles. The summed E-state index contributed by atoms with van der Waals surface area (Å²) in [7, 11) is 3.92. The van der Waals surface area contributed by atoms with Crippen LogP contribution in [0.3, 0.4) is 0 Å². The highest BCUT2D eigenvalue weighted by Crippen LogP contribution is 2.23. The standard InChI is InChI=1S/C24H24FN3O2/c1-15-9-10-17(14-21(15)27-24(30)19-7-5-6-8-20(19)25)23(29)26-18-11-12-22(28(3)4)16(2)13-18/h5-14H,1-4H3,(H,26,29)(H,27,30). The van der Waals surface area contributed by atoms with E-state index in [4.69, 9.17) is 0 Å². The van der Waals surface area contributed by atoms with Gasteiger partial charge in [0.05, 0.1) is 5.56 Å². The van der Waals surface area contributed by atoms with Crippen molar-refractivity contribution in [2.75, 3.05) is 29.6 Å². The Balaban J connectivity index is 1.79. The van der Waals surface area contributed by atoms with E-state index in [-0.39, 0.29) is 11.5 Å². The Bertz CT molecular complexity index is 1110. The molecule has 5 nitrogen and oxygen atoms in total. The SMILES string of the molecule is Cc1ccc(C(=O)Nc2ccc(N(C)C)c(C)c2)cc1NC(=O)c1ccccc1F. The first kappa shape index (κ1) is 21.0. The number of aryl methyl sites for hydroxylation is 2. The number of amides is 2. The molecule has 0 saturated carbocycles. The lowest BCUT2D eigenvalue weighted by Gasteiger charge is -2.17. The van der Waals surface area contributed by atoms with E-state index in [1.807, 2.05) is 51.0 Å². The van der Waals surface area contributed by atoms with Gasteiger partial charge in [0, 0.05) is 36.7 Å². The maximum absolute atomic E-state index is 13.9. The van der Waals surface area contributed by atoms with E-state index in [2.05, 4.69) is 10.6 Å². The minimum absolute atomic E-state index is 0.0526. The fraction of sp³-hybridized carbons (Fsp3) is 0.167. The van der Waals surface area contributed by atoms with Gasteiger partial charge >= 0.3 is 0 Å². The number of hydrogen-bond acceptors (Lipinski definition) is 3. The minimum atomic E-state index is -0.599. The van der Waals surface area contributed by atoms with Crippen molar-refractivity contribution in [1.29, 1.82) is 0 Å². The first-order chi connectivity index (χ1) is 14.3. The molecule has 3 aromatic rings. The number of carbonyl (C=O) groups is 2. The number of carbonyl (C=O) groups excluding carboxylic acids is 2. The maximum Gasteiger partial charge on any atom is 0.258 e. The highest BCUT2D eigenvalue weighted by molar-refractivity contribution is 6.08. The summed E-state index contributed by atoms with van der Waals surface area (Å²) in [6.45, 7) is 3.79. The molecule has 0 saturated heterocycles. The molecular weight excluding hydrogens is 381 g/mol. The molecule has 0 atom stereocenters. The molecule has 0 fully saturated rings. The van der Waals surface area contributed by atoms with Crippen LogP contribution in [0, 0.1) is 19.7 Å². The summed E-state index contributed by atoms with van der Waals surface area (Å²) >= 11 is 0. The molecule has 154 valence electrons. The topological polar surface area (TPSA) is 61.4 Å². The van der Waals surface area contributed by atoms with Crippen molar-refractivity contribution in [1.82, 2.24) is 0 Å². The smallest absolute Gasteiger partial charge is 0.258 e. The van der Waals surface area contributed by atoms with Crippen LogP contribution >= 0.6 is 0 Å². The third-order valence-electron chi connectivity index (χ3n) is 4.80. The number of nitrogens with zero attached hydrogens (tertiary/aromatic N) is 1. The molecule has 3 rings (SSSR count). The summed E-state index contributed by atoms with van der Waals surface area (Å²) < 4.78 is 13.9. The number of halogens is 1. The number of rotatable bonds is 5. The Morgan fingerprint density at radius 2 is 1.57 bits per heavy atom. The predicted octanol–water partition coefficient (Wildman–Crippen LogP) is 5.01. The van der Waals surface area contributed by atoms with Gasteiger partial charge in [-0.15, -0.1) is 0 Å². The summed E-state index contributed by atoms with van der Waals surface area (Å²) in [6.07, 6.45) is 0. The summed E-state index contributed by atoms with van der Waals surface area (Å²) in [6, 6.07) is 16.5. The van der Waals surface area contributed by atoms with Gasteiger partial charge in [-0.25, -0.2) is 4.39 Å². The monoisotopic (exact) mass is 405 g/mol. The van der Waals surface area contributed by atoms with Crippen molar-refractivity contribution >= 4 is 28.9 Å². The zero-order chi connectivity index (χ0) is 21.8. The van der Waals surface area contributed by atoms with Crippen molar-refractivity contribution in [3.05, 3.63) is 88.7 Å². The molecule has 0 radical (unpaired) electrons. The molecule has 0 heterocycles. The van der Waals surface area contributed by atoms with Gasteiger partial charge in [-0.05, 0) is 67.4 Å². The van der Waals surface area contributed by atoms with Gasteiger partial charge in [0.15, 0.2) is 0 Å². The Kier molecular flexibility index (Phi) is 6.16. The Labute approximate surface area is 175 Å². The van der Waals surface area contributed by atoms with E-state index >= 15 is 0 Å². The molecule has 0 unspecified atom stereocenters. The molecule has 6 heteroatoms. The Morgan fingerprint density at radius 3 is 2.23 bits per heavy atom. The van der Waals surface area contributed by atoms with E-state index in [9.17, 15) is 14.0 Å². The van der Waals surface area contributed by atoms with Gasteiger partial charge in [-0.2, -0.15) is 0 Å². The lowest BCUT2D eigenvalue weighted by Crippen LogP contribution is -2.16. The second-order valence-corrected chi connectivity index (χ2v) is 7.31. The highest BCUT2D eigenvalue weighted by atomic mass is 19.1. The van der Waals surface area contributed by atoms with Gasteiger partial charge in [0.2, 0.25) is 0 Å². The van der Waals surface area contributed by atoms with Crippen molar-refractivity contribution in [3.63, 3.8) is 0 Å². The van der Waals surface area contributed by atoms with E-state index in [0.29, 0.717) is 16.9 Å². The molecule has 0 aliphatic carbocycles. The molecule has 0 bridgehead atoms. The highest BCUT2D eigenvalue weighted by Gasteiger charge is 2.14. The van der Waals surface area contributed by atoms with Crippen molar-refractivity contribution in [2.45, 2.75) is 13.8 Å². The molecule has 30 heavy (non-hydrogen) atoms. The average molecular weight is 405 g/mol. The van der Waals surface area contributed by atoms with Crippen LogP contribution in [-0.4, -0.2) is 25.9 Å². The molecular formula is C24H24FN3O2. The van der Waals surface area contributed by atoms with E-state index < -0.39 is 11.7 Å². The van der Waals surface area contributed by atoms with Crippen molar-refractivity contribution < 1.29 is 14.0 Å². The molecule has 3 aromatic carbocycles. The van der Waals surface area contributed by atoms with Crippen LogP contribution in [0.4, 0.5) is 21.5 Å². The summed E-state index contributed by atoms with van der Waals surface area (Å²) in [4.78, 5) is 27.2. The van der Waals surface area contributed by atoms with Crippen LogP contribution in [0.25, 0.3) is 0 Å². The second kappa shape index (κ2) is 8.78. The fourth-order valence-electron chi connectivity index (χ4n) is 3.17. The van der Waals surface area contributed by atoms with Gasteiger partial charge in [0.25, 0.3) is 11.8 Å². The van der Waals surface area contributed by atoms with Crippen molar-refractivity contribution in [2.24, 2.45) is 0 Å². The molecule has 2 amide bonds. The molecule has 0 aromatic heterocycles.